The van der Waals surface area contributed by atoms with E-state index in [4.69, 9.17) is 4.74 Å². The number of carbonyl (C=O) groups excluding carboxylic acids is 2. The highest BCUT2D eigenvalue weighted by Crippen LogP contribution is 2.19. The van der Waals surface area contributed by atoms with E-state index in [2.05, 4.69) is 26.3 Å². The number of rotatable bonds is 4. The highest BCUT2D eigenvalue weighted by atomic mass is 79.9. The van der Waals surface area contributed by atoms with E-state index in [1.807, 2.05) is 19.1 Å². The lowest BCUT2D eigenvalue weighted by Crippen LogP contribution is -2.21. The zero-order valence-corrected chi connectivity index (χ0v) is 14.1. The number of halogens is 1. The molecule has 0 bridgehead atoms. The van der Waals surface area contributed by atoms with Crippen molar-refractivity contribution in [2.75, 3.05) is 11.9 Å². The minimum absolute atomic E-state index is 0.345. The van der Waals surface area contributed by atoms with Gasteiger partial charge in [-0.3, -0.25) is 9.48 Å². The van der Waals surface area contributed by atoms with Gasteiger partial charge >= 0.3 is 5.97 Å². The van der Waals surface area contributed by atoms with E-state index in [9.17, 15) is 9.59 Å². The van der Waals surface area contributed by atoms with E-state index in [-0.39, 0.29) is 12.5 Å². The maximum Gasteiger partial charge on any atom is 0.342 e. The van der Waals surface area contributed by atoms with Crippen LogP contribution in [-0.2, 0) is 16.6 Å². The molecule has 2 rings (SSSR count). The van der Waals surface area contributed by atoms with Crippen molar-refractivity contribution >= 4 is 33.5 Å². The van der Waals surface area contributed by atoms with E-state index in [0.29, 0.717) is 16.9 Å². The third kappa shape index (κ3) is 3.73. The molecule has 116 valence electrons. The number of carbonyl (C=O) groups is 2. The average molecular weight is 366 g/mol. The first-order valence-corrected chi connectivity index (χ1v) is 7.39. The second-order valence-corrected chi connectivity index (χ2v) is 5.77. The van der Waals surface area contributed by atoms with Crippen LogP contribution in [0.4, 0.5) is 5.69 Å². The summed E-state index contributed by atoms with van der Waals surface area (Å²) < 4.78 is 7.51. The molecule has 1 amide bonds. The van der Waals surface area contributed by atoms with Gasteiger partial charge in [-0.05, 0) is 37.6 Å². The van der Waals surface area contributed by atoms with Gasteiger partial charge in [0.1, 0.15) is 5.56 Å². The fraction of sp³-hybridized carbons (Fsp3) is 0.267. The summed E-state index contributed by atoms with van der Waals surface area (Å²) in [5.74, 6) is -0.950. The number of nitrogens with one attached hydrogen (secondary N) is 1. The molecule has 0 atom stereocenters. The van der Waals surface area contributed by atoms with Crippen molar-refractivity contribution in [1.29, 1.82) is 0 Å². The van der Waals surface area contributed by atoms with Crippen molar-refractivity contribution in [2.24, 2.45) is 7.05 Å². The Morgan fingerprint density at radius 1 is 1.36 bits per heavy atom. The fourth-order valence-corrected chi connectivity index (χ4v) is 2.34. The van der Waals surface area contributed by atoms with Crippen LogP contribution in [0.15, 0.2) is 28.9 Å². The molecule has 0 aliphatic heterocycles. The normalized spacial score (nSPS) is 10.4. The van der Waals surface area contributed by atoms with E-state index in [1.165, 1.54) is 6.20 Å². The van der Waals surface area contributed by atoms with Crippen molar-refractivity contribution in [3.8, 4) is 0 Å². The Labute approximate surface area is 136 Å². The lowest BCUT2D eigenvalue weighted by atomic mass is 10.2. The minimum Gasteiger partial charge on any atom is -0.452 e. The first kappa shape index (κ1) is 16.2. The largest absolute Gasteiger partial charge is 0.452 e. The van der Waals surface area contributed by atoms with Crippen LogP contribution in [0.25, 0.3) is 0 Å². The summed E-state index contributed by atoms with van der Waals surface area (Å²) in [6.07, 6.45) is 1.43. The van der Waals surface area contributed by atoms with Gasteiger partial charge in [0.05, 0.1) is 6.20 Å². The minimum atomic E-state index is -0.562. The van der Waals surface area contributed by atoms with Gasteiger partial charge in [-0.2, -0.15) is 5.10 Å². The summed E-state index contributed by atoms with van der Waals surface area (Å²) >= 11 is 3.36. The Bertz CT molecular complexity index is 725. The fourth-order valence-electron chi connectivity index (χ4n) is 1.86. The lowest BCUT2D eigenvalue weighted by Gasteiger charge is -2.09. The van der Waals surface area contributed by atoms with Crippen LogP contribution in [0.3, 0.4) is 0 Å². The Hall–Kier alpha value is -2.15. The van der Waals surface area contributed by atoms with Crippen LogP contribution in [0, 0.1) is 13.8 Å². The molecule has 0 fully saturated rings. The molecule has 7 heteroatoms. The Morgan fingerprint density at radius 2 is 2.09 bits per heavy atom. The van der Waals surface area contributed by atoms with Crippen LogP contribution < -0.4 is 5.32 Å². The first-order valence-electron chi connectivity index (χ1n) is 6.60. The molecule has 1 N–H and O–H groups in total. The predicted molar refractivity (Wildman–Crippen MR) is 85.7 cm³/mol. The van der Waals surface area contributed by atoms with E-state index in [0.717, 1.165) is 10.0 Å². The van der Waals surface area contributed by atoms with Crippen molar-refractivity contribution < 1.29 is 14.3 Å². The monoisotopic (exact) mass is 365 g/mol. The lowest BCUT2D eigenvalue weighted by molar-refractivity contribution is -0.119. The molecule has 1 heterocycles. The van der Waals surface area contributed by atoms with Gasteiger partial charge in [0.25, 0.3) is 5.91 Å². The molecule has 0 unspecified atom stereocenters. The van der Waals surface area contributed by atoms with E-state index in [1.54, 1.807) is 24.7 Å². The second kappa shape index (κ2) is 6.74. The molecule has 1 aromatic heterocycles. The smallest absolute Gasteiger partial charge is 0.342 e. The van der Waals surface area contributed by atoms with Crippen LogP contribution in [-0.4, -0.2) is 28.3 Å². The van der Waals surface area contributed by atoms with Gasteiger partial charge in [-0.15, -0.1) is 0 Å². The molecule has 0 saturated heterocycles. The number of aromatic nitrogens is 2. The summed E-state index contributed by atoms with van der Waals surface area (Å²) in [6.45, 7) is 3.29. The molecule has 0 saturated carbocycles. The van der Waals surface area contributed by atoms with Gasteiger partial charge in [-0.1, -0.05) is 15.9 Å². The predicted octanol–water partition coefficient (Wildman–Crippen LogP) is 2.59. The number of anilines is 1. The zero-order valence-electron chi connectivity index (χ0n) is 12.5. The molecule has 6 nitrogen and oxygen atoms in total. The average Bonchev–Trinajstić information content (AvgIpc) is 2.79. The van der Waals surface area contributed by atoms with Crippen LogP contribution >= 0.6 is 15.9 Å². The molecule has 22 heavy (non-hydrogen) atoms. The van der Waals surface area contributed by atoms with Crippen molar-refractivity contribution in [3.05, 3.63) is 45.7 Å². The van der Waals surface area contributed by atoms with Crippen LogP contribution in [0.2, 0.25) is 0 Å². The summed E-state index contributed by atoms with van der Waals surface area (Å²) in [5, 5.41) is 6.67. The number of aryl methyl sites for hydroxylation is 2. The SMILES string of the molecule is Cc1cc(Br)ccc1NC(=O)COC(=O)c1cnn(C)c1C. The van der Waals surface area contributed by atoms with E-state index < -0.39 is 5.97 Å². The van der Waals surface area contributed by atoms with Gasteiger partial charge in [0.2, 0.25) is 0 Å². The number of nitrogens with zero attached hydrogens (tertiary/aromatic N) is 2. The molecule has 0 spiro atoms. The number of ether oxygens (including phenoxy) is 1. The van der Waals surface area contributed by atoms with Crippen molar-refractivity contribution in [1.82, 2.24) is 9.78 Å². The summed E-state index contributed by atoms with van der Waals surface area (Å²) in [7, 11) is 1.73. The number of esters is 1. The third-order valence-electron chi connectivity index (χ3n) is 3.25. The third-order valence-corrected chi connectivity index (χ3v) is 3.75. The Morgan fingerprint density at radius 3 is 2.68 bits per heavy atom. The van der Waals surface area contributed by atoms with E-state index >= 15 is 0 Å². The van der Waals surface area contributed by atoms with Crippen LogP contribution in [0.5, 0.6) is 0 Å². The molecule has 1 aromatic carbocycles. The molecule has 0 aliphatic rings. The Kier molecular flexibility index (Phi) is 4.97. The highest BCUT2D eigenvalue weighted by Gasteiger charge is 2.16. The van der Waals surface area contributed by atoms with Gasteiger partial charge in [0, 0.05) is 22.9 Å². The first-order chi connectivity index (χ1) is 10.4. The van der Waals surface area contributed by atoms with Crippen molar-refractivity contribution in [3.63, 3.8) is 0 Å². The summed E-state index contributed by atoms with van der Waals surface area (Å²) in [6, 6.07) is 5.50. The number of hydrogen-bond donors (Lipinski definition) is 1. The molecule has 0 aliphatic carbocycles. The quantitative estimate of drug-likeness (QED) is 0.845. The number of benzene rings is 1. The highest BCUT2D eigenvalue weighted by molar-refractivity contribution is 9.10. The molecular weight excluding hydrogens is 350 g/mol. The zero-order chi connectivity index (χ0) is 16.3. The van der Waals surface area contributed by atoms with Gasteiger partial charge in [-0.25, -0.2) is 4.79 Å². The molecule has 2 aromatic rings. The molecular formula is C15H16BrN3O3. The van der Waals surface area contributed by atoms with Crippen LogP contribution in [0.1, 0.15) is 21.6 Å². The summed E-state index contributed by atoms with van der Waals surface area (Å²) in [4.78, 5) is 23.7. The number of amides is 1. The maximum atomic E-state index is 11.9. The Balaban J connectivity index is 1.93. The second-order valence-electron chi connectivity index (χ2n) is 4.85. The standard InChI is InChI=1S/C15H16BrN3O3/c1-9-6-11(16)4-5-13(9)18-14(20)8-22-15(21)12-7-17-19(3)10(12)2/h4-7H,8H2,1-3H3,(H,18,20). The summed E-state index contributed by atoms with van der Waals surface area (Å²) in [5.41, 5.74) is 2.64. The maximum absolute atomic E-state index is 11.9. The number of hydrogen-bond acceptors (Lipinski definition) is 4. The van der Waals surface area contributed by atoms with Crippen molar-refractivity contribution in [2.45, 2.75) is 13.8 Å². The molecule has 0 radical (unpaired) electrons. The van der Waals surface area contributed by atoms with Gasteiger partial charge < -0.3 is 10.1 Å². The topological polar surface area (TPSA) is 73.2 Å². The van der Waals surface area contributed by atoms with Gasteiger partial charge in [0.15, 0.2) is 6.61 Å².